The van der Waals surface area contributed by atoms with Crippen molar-refractivity contribution in [3.63, 3.8) is 0 Å². The summed E-state index contributed by atoms with van der Waals surface area (Å²) in [5.74, 6) is -7.31. The summed E-state index contributed by atoms with van der Waals surface area (Å²) in [7, 11) is 0. The van der Waals surface area contributed by atoms with Crippen LogP contribution < -0.4 is 27.0 Å². The van der Waals surface area contributed by atoms with Crippen molar-refractivity contribution in [2.45, 2.75) is 77.5 Å². The number of hydrogen-bond donors (Lipinski definition) is 8. The summed E-state index contributed by atoms with van der Waals surface area (Å²) in [6.45, 7) is 6.64. The molecule has 0 aliphatic carbocycles. The molecule has 0 saturated carbocycles. The van der Waals surface area contributed by atoms with Crippen LogP contribution in [0.4, 0.5) is 4.79 Å². The van der Waals surface area contributed by atoms with Crippen LogP contribution in [0.15, 0.2) is 0 Å². The highest BCUT2D eigenvalue weighted by atomic mass is 16.4. The van der Waals surface area contributed by atoms with E-state index in [1.54, 1.807) is 27.7 Å². The third-order valence-corrected chi connectivity index (χ3v) is 5.07. The lowest BCUT2D eigenvalue weighted by molar-refractivity contribution is -0.141. The van der Waals surface area contributed by atoms with Gasteiger partial charge in [0.25, 0.3) is 0 Å². The van der Waals surface area contributed by atoms with E-state index in [-0.39, 0.29) is 12.3 Å². The molecule has 0 radical (unpaired) electrons. The molecule has 36 heavy (non-hydrogen) atoms. The molecule has 0 fully saturated rings. The largest absolute Gasteiger partial charge is 0.481 e. The van der Waals surface area contributed by atoms with Crippen molar-refractivity contribution in [2.24, 2.45) is 17.6 Å². The zero-order chi connectivity index (χ0) is 28.2. The molecule has 0 aliphatic heterocycles. The Morgan fingerprint density at radius 1 is 0.639 bits per heavy atom. The first-order valence-corrected chi connectivity index (χ1v) is 11.2. The van der Waals surface area contributed by atoms with Crippen molar-refractivity contribution in [2.75, 3.05) is 0 Å². The Labute approximate surface area is 207 Å². The number of carboxylic acids is 3. The molecule has 15 nitrogen and oxygen atoms in total. The number of aliphatic carboxylic acids is 3. The number of carbonyl (C=O) groups is 7. The molecule has 0 aromatic rings. The Bertz CT molecular complexity index is 829. The van der Waals surface area contributed by atoms with E-state index >= 15 is 0 Å². The minimum absolute atomic E-state index is 0.236. The number of amides is 5. The number of carbonyl (C=O) groups excluding carboxylic acids is 4. The van der Waals surface area contributed by atoms with Crippen LogP contribution in [0.25, 0.3) is 0 Å². The maximum absolute atomic E-state index is 13.0. The van der Waals surface area contributed by atoms with Crippen LogP contribution in [-0.2, 0) is 28.8 Å². The Morgan fingerprint density at radius 3 is 1.58 bits per heavy atom. The van der Waals surface area contributed by atoms with Crippen molar-refractivity contribution < 1.29 is 48.9 Å². The molecule has 0 heterocycles. The number of nitrogens with two attached hydrogens (primary N) is 1. The summed E-state index contributed by atoms with van der Waals surface area (Å²) in [6.07, 6.45) is -2.18. The number of urea groups is 1. The molecule has 0 aromatic carbocycles. The molecule has 0 aromatic heterocycles. The lowest BCUT2D eigenvalue weighted by Crippen LogP contribution is -2.59. The molecule has 0 saturated heterocycles. The van der Waals surface area contributed by atoms with Crippen LogP contribution in [0.2, 0.25) is 0 Å². The first-order valence-electron chi connectivity index (χ1n) is 11.2. The molecular formula is C21H35N5O10. The maximum atomic E-state index is 13.0. The SMILES string of the molecule is CC(C)C(CC(=O)O)NC(=O)C(NC(=O)C(CCC(=O)O)NC(=O)C(CC(=O)O)NC(N)=O)C(C)C. The van der Waals surface area contributed by atoms with Gasteiger partial charge in [0.1, 0.15) is 18.1 Å². The molecule has 0 spiro atoms. The summed E-state index contributed by atoms with van der Waals surface area (Å²) in [5.41, 5.74) is 4.96. The quantitative estimate of drug-likeness (QED) is 0.119. The third-order valence-electron chi connectivity index (χ3n) is 5.07. The van der Waals surface area contributed by atoms with Gasteiger partial charge in [0, 0.05) is 12.5 Å². The second-order valence-electron chi connectivity index (χ2n) is 8.84. The average Bonchev–Trinajstić information content (AvgIpc) is 2.71. The molecule has 15 heteroatoms. The summed E-state index contributed by atoms with van der Waals surface area (Å²) < 4.78 is 0. The van der Waals surface area contributed by atoms with Crippen LogP contribution in [-0.4, -0.2) is 81.1 Å². The number of hydrogen-bond acceptors (Lipinski definition) is 7. The summed E-state index contributed by atoms with van der Waals surface area (Å²) >= 11 is 0. The lowest BCUT2D eigenvalue weighted by atomic mass is 9.98. The van der Waals surface area contributed by atoms with Crippen molar-refractivity contribution >= 4 is 41.7 Å². The van der Waals surface area contributed by atoms with E-state index in [2.05, 4.69) is 16.0 Å². The topological polar surface area (TPSA) is 254 Å². The van der Waals surface area contributed by atoms with E-state index in [0.29, 0.717) is 0 Å². The van der Waals surface area contributed by atoms with E-state index in [4.69, 9.17) is 21.1 Å². The van der Waals surface area contributed by atoms with Crippen molar-refractivity contribution in [3.05, 3.63) is 0 Å². The first-order chi connectivity index (χ1) is 16.5. The van der Waals surface area contributed by atoms with Crippen LogP contribution in [0.5, 0.6) is 0 Å². The smallest absolute Gasteiger partial charge is 0.312 e. The number of nitrogens with one attached hydrogen (secondary N) is 4. The minimum atomic E-state index is -1.65. The van der Waals surface area contributed by atoms with Gasteiger partial charge in [0.2, 0.25) is 17.7 Å². The maximum Gasteiger partial charge on any atom is 0.312 e. The van der Waals surface area contributed by atoms with E-state index in [1.165, 1.54) is 0 Å². The molecule has 0 aliphatic rings. The van der Waals surface area contributed by atoms with Gasteiger partial charge >= 0.3 is 23.9 Å². The fraction of sp³-hybridized carbons (Fsp3) is 0.667. The Hall–Kier alpha value is -3.91. The molecule has 0 bridgehead atoms. The van der Waals surface area contributed by atoms with Crippen molar-refractivity contribution in [3.8, 4) is 0 Å². The summed E-state index contributed by atoms with van der Waals surface area (Å²) in [6, 6.07) is -6.25. The Kier molecular flexibility index (Phi) is 13.5. The van der Waals surface area contributed by atoms with Gasteiger partial charge in [-0.25, -0.2) is 4.79 Å². The molecule has 4 unspecified atom stereocenters. The first kappa shape index (κ1) is 32.1. The van der Waals surface area contributed by atoms with Gasteiger partial charge in [-0.3, -0.25) is 28.8 Å². The van der Waals surface area contributed by atoms with Gasteiger partial charge in [0.15, 0.2) is 0 Å². The Morgan fingerprint density at radius 2 is 1.17 bits per heavy atom. The minimum Gasteiger partial charge on any atom is -0.481 e. The molecule has 9 N–H and O–H groups in total. The van der Waals surface area contributed by atoms with Gasteiger partial charge in [-0.15, -0.1) is 0 Å². The molecule has 204 valence electrons. The van der Waals surface area contributed by atoms with Crippen LogP contribution in [0.3, 0.4) is 0 Å². The van der Waals surface area contributed by atoms with Crippen molar-refractivity contribution in [1.29, 1.82) is 0 Å². The highest BCUT2D eigenvalue weighted by Crippen LogP contribution is 2.10. The standard InChI is InChI=1S/C21H35N5O10/c1-9(2)12(7-15(29)30)24-20(35)17(10(3)4)26-18(33)11(5-6-14(27)28)23-19(34)13(8-16(31)32)25-21(22)36/h9-13,17H,5-8H2,1-4H3,(H,23,34)(H,24,35)(H,26,33)(H,27,28)(H,29,30)(H,31,32)(H3,22,25,36). The zero-order valence-corrected chi connectivity index (χ0v) is 20.6. The predicted octanol–water partition coefficient (Wildman–Crippen LogP) is -1.40. The van der Waals surface area contributed by atoms with Gasteiger partial charge < -0.3 is 42.3 Å². The fourth-order valence-electron chi connectivity index (χ4n) is 3.07. The van der Waals surface area contributed by atoms with Crippen LogP contribution >= 0.6 is 0 Å². The van der Waals surface area contributed by atoms with Gasteiger partial charge in [-0.1, -0.05) is 27.7 Å². The third kappa shape index (κ3) is 12.5. The van der Waals surface area contributed by atoms with Gasteiger partial charge in [0.05, 0.1) is 12.8 Å². The summed E-state index contributed by atoms with van der Waals surface area (Å²) in [5, 5.41) is 36.2. The van der Waals surface area contributed by atoms with E-state index in [0.717, 1.165) is 0 Å². The molecule has 5 amide bonds. The van der Waals surface area contributed by atoms with Gasteiger partial charge in [-0.2, -0.15) is 0 Å². The van der Waals surface area contributed by atoms with E-state index in [9.17, 15) is 33.6 Å². The Balaban J connectivity index is 5.72. The molecule has 0 rings (SSSR count). The van der Waals surface area contributed by atoms with E-state index in [1.807, 2.05) is 5.32 Å². The van der Waals surface area contributed by atoms with E-state index < -0.39 is 91.0 Å². The number of rotatable bonds is 16. The average molecular weight is 518 g/mol. The molecule has 4 atom stereocenters. The fourth-order valence-corrected chi connectivity index (χ4v) is 3.07. The van der Waals surface area contributed by atoms with Crippen LogP contribution in [0.1, 0.15) is 53.4 Å². The summed E-state index contributed by atoms with van der Waals surface area (Å²) in [4.78, 5) is 82.6. The highest BCUT2D eigenvalue weighted by molar-refractivity contribution is 5.95. The normalized spacial score (nSPS) is 14.2. The molecular weight excluding hydrogens is 482 g/mol. The number of carboxylic acid groups (broad SMARTS) is 3. The monoisotopic (exact) mass is 517 g/mol. The lowest BCUT2D eigenvalue weighted by Gasteiger charge is -2.28. The van der Waals surface area contributed by atoms with Crippen molar-refractivity contribution in [1.82, 2.24) is 21.3 Å². The van der Waals surface area contributed by atoms with Gasteiger partial charge in [-0.05, 0) is 18.3 Å². The second-order valence-corrected chi connectivity index (χ2v) is 8.84. The van der Waals surface area contributed by atoms with Crippen LogP contribution in [0, 0.1) is 11.8 Å². The predicted molar refractivity (Wildman–Crippen MR) is 123 cm³/mol. The highest BCUT2D eigenvalue weighted by Gasteiger charge is 2.33. The number of primary amides is 1. The second kappa shape index (κ2) is 15.2. The zero-order valence-electron chi connectivity index (χ0n) is 20.6.